The maximum Gasteiger partial charge on any atom is 0.224 e. The zero-order valence-electron chi connectivity index (χ0n) is 11.3. The lowest BCUT2D eigenvalue weighted by Crippen LogP contribution is -2.23. The summed E-state index contributed by atoms with van der Waals surface area (Å²) < 4.78 is 5.14. The summed E-state index contributed by atoms with van der Waals surface area (Å²) in [5.74, 6) is 0.0292. The van der Waals surface area contributed by atoms with Crippen LogP contribution in [0.4, 0.5) is 5.69 Å². The van der Waals surface area contributed by atoms with Crippen LogP contribution in [-0.4, -0.2) is 32.7 Å². The highest BCUT2D eigenvalue weighted by Gasteiger charge is 2.06. The molecule has 0 spiro atoms. The number of carbonyl (C=O) groups excluding carboxylic acids is 1. The van der Waals surface area contributed by atoms with Gasteiger partial charge in [0, 0.05) is 25.9 Å². The maximum absolute atomic E-state index is 11.2. The normalized spacial score (nSPS) is 11.9. The second-order valence-electron chi connectivity index (χ2n) is 4.25. The van der Waals surface area contributed by atoms with Gasteiger partial charge in [0.1, 0.15) is 0 Å². The maximum atomic E-state index is 11.2. The fraction of sp³-hybridized carbons (Fsp3) is 0.500. The Morgan fingerprint density at radius 1 is 1.33 bits per heavy atom. The van der Waals surface area contributed by atoms with Crippen LogP contribution in [0.25, 0.3) is 0 Å². The average Bonchev–Trinajstić information content (AvgIpc) is 2.40. The third-order valence-electron chi connectivity index (χ3n) is 2.83. The van der Waals surface area contributed by atoms with Crippen molar-refractivity contribution >= 4 is 11.6 Å². The van der Waals surface area contributed by atoms with E-state index in [-0.39, 0.29) is 5.91 Å². The van der Waals surface area contributed by atoms with Crippen LogP contribution in [0.5, 0.6) is 0 Å². The predicted octanol–water partition coefficient (Wildman–Crippen LogP) is 1.81. The molecule has 0 saturated heterocycles. The fourth-order valence-electron chi connectivity index (χ4n) is 1.69. The fourth-order valence-corrected chi connectivity index (χ4v) is 1.69. The number of ether oxygens (including phenoxy) is 1. The average molecular weight is 250 g/mol. The molecule has 0 heterocycles. The minimum Gasteiger partial charge on any atom is -0.383 e. The third kappa shape index (κ3) is 4.75. The molecule has 100 valence electrons. The first-order chi connectivity index (χ1) is 8.69. The van der Waals surface area contributed by atoms with E-state index in [1.165, 1.54) is 0 Å². The van der Waals surface area contributed by atoms with Crippen LogP contribution in [0.2, 0.25) is 0 Å². The molecule has 1 rings (SSSR count). The standard InChI is InChI=1S/C14H22N2O2/c1-4-12(10-18-3)16-13-7-5-11(6-8-13)9-14(17)15-2/h5-8,12,16H,4,9-10H2,1-3H3,(H,15,17). The number of carbonyl (C=O) groups is 1. The van der Waals surface area contributed by atoms with Gasteiger partial charge < -0.3 is 15.4 Å². The summed E-state index contributed by atoms with van der Waals surface area (Å²) in [5, 5.41) is 6.01. The van der Waals surface area contributed by atoms with E-state index in [1.807, 2.05) is 24.3 Å². The molecule has 0 aliphatic heterocycles. The summed E-state index contributed by atoms with van der Waals surface area (Å²) in [4.78, 5) is 11.2. The van der Waals surface area contributed by atoms with Crippen LogP contribution in [0.1, 0.15) is 18.9 Å². The first kappa shape index (κ1) is 14.5. The molecule has 4 heteroatoms. The van der Waals surface area contributed by atoms with E-state index < -0.39 is 0 Å². The summed E-state index contributed by atoms with van der Waals surface area (Å²) in [6.45, 7) is 2.81. The smallest absolute Gasteiger partial charge is 0.224 e. The van der Waals surface area contributed by atoms with Gasteiger partial charge in [-0.25, -0.2) is 0 Å². The van der Waals surface area contributed by atoms with Gasteiger partial charge in [-0.15, -0.1) is 0 Å². The van der Waals surface area contributed by atoms with Gasteiger partial charge in [-0.1, -0.05) is 19.1 Å². The predicted molar refractivity (Wildman–Crippen MR) is 73.8 cm³/mol. The van der Waals surface area contributed by atoms with Gasteiger partial charge in [0.15, 0.2) is 0 Å². The van der Waals surface area contributed by atoms with Crippen molar-refractivity contribution in [3.8, 4) is 0 Å². The Labute approximate surface area is 109 Å². The molecule has 0 fully saturated rings. The third-order valence-corrected chi connectivity index (χ3v) is 2.83. The van der Waals surface area contributed by atoms with Gasteiger partial charge in [-0.05, 0) is 24.1 Å². The number of amides is 1. The van der Waals surface area contributed by atoms with E-state index in [0.29, 0.717) is 19.1 Å². The van der Waals surface area contributed by atoms with Crippen molar-refractivity contribution in [1.29, 1.82) is 0 Å². The van der Waals surface area contributed by atoms with E-state index >= 15 is 0 Å². The van der Waals surface area contributed by atoms with Crippen molar-refractivity contribution in [2.75, 3.05) is 26.1 Å². The minimum atomic E-state index is 0.0292. The molecule has 1 aromatic rings. The van der Waals surface area contributed by atoms with E-state index in [9.17, 15) is 4.79 Å². The molecule has 1 unspecified atom stereocenters. The number of rotatable bonds is 7. The number of hydrogen-bond donors (Lipinski definition) is 2. The van der Waals surface area contributed by atoms with Crippen molar-refractivity contribution in [3.63, 3.8) is 0 Å². The van der Waals surface area contributed by atoms with E-state index in [4.69, 9.17) is 4.74 Å². The number of benzene rings is 1. The monoisotopic (exact) mass is 250 g/mol. The summed E-state index contributed by atoms with van der Waals surface area (Å²) in [6, 6.07) is 8.25. The lowest BCUT2D eigenvalue weighted by Gasteiger charge is -2.17. The van der Waals surface area contributed by atoms with Crippen LogP contribution < -0.4 is 10.6 Å². The molecule has 1 aromatic carbocycles. The number of methoxy groups -OCH3 is 1. The molecular formula is C14H22N2O2. The number of hydrogen-bond acceptors (Lipinski definition) is 3. The molecule has 18 heavy (non-hydrogen) atoms. The number of likely N-dealkylation sites (N-methyl/N-ethyl adjacent to an activating group) is 1. The van der Waals surface area contributed by atoms with Crippen molar-refractivity contribution in [1.82, 2.24) is 5.32 Å². The molecule has 0 aliphatic rings. The van der Waals surface area contributed by atoms with Crippen molar-refractivity contribution in [2.24, 2.45) is 0 Å². The summed E-state index contributed by atoms with van der Waals surface area (Å²) in [5.41, 5.74) is 2.07. The van der Waals surface area contributed by atoms with Gasteiger partial charge in [0.05, 0.1) is 13.0 Å². The SMILES string of the molecule is CCC(COC)Nc1ccc(CC(=O)NC)cc1. The Balaban J connectivity index is 2.56. The first-order valence-electron chi connectivity index (χ1n) is 6.24. The molecule has 0 aliphatic carbocycles. The Bertz CT molecular complexity index is 363. The lowest BCUT2D eigenvalue weighted by atomic mass is 10.1. The van der Waals surface area contributed by atoms with Crippen LogP contribution in [0, 0.1) is 0 Å². The number of anilines is 1. The van der Waals surface area contributed by atoms with E-state index in [2.05, 4.69) is 17.6 Å². The molecule has 0 saturated carbocycles. The minimum absolute atomic E-state index is 0.0292. The first-order valence-corrected chi connectivity index (χ1v) is 6.24. The highest BCUT2D eigenvalue weighted by molar-refractivity contribution is 5.78. The highest BCUT2D eigenvalue weighted by atomic mass is 16.5. The second kappa shape index (κ2) is 7.71. The lowest BCUT2D eigenvalue weighted by molar-refractivity contribution is -0.119. The Kier molecular flexibility index (Phi) is 6.22. The van der Waals surface area contributed by atoms with Crippen LogP contribution in [-0.2, 0) is 16.0 Å². The number of nitrogens with one attached hydrogen (secondary N) is 2. The molecule has 0 radical (unpaired) electrons. The summed E-state index contributed by atoms with van der Waals surface area (Å²) >= 11 is 0. The highest BCUT2D eigenvalue weighted by Crippen LogP contribution is 2.12. The summed E-state index contributed by atoms with van der Waals surface area (Å²) in [6.07, 6.45) is 1.43. The molecule has 1 atom stereocenters. The molecule has 1 amide bonds. The Morgan fingerprint density at radius 3 is 2.50 bits per heavy atom. The van der Waals surface area contributed by atoms with Gasteiger partial charge in [0.2, 0.25) is 5.91 Å². The van der Waals surface area contributed by atoms with E-state index in [1.54, 1.807) is 14.2 Å². The van der Waals surface area contributed by atoms with Crippen LogP contribution in [0.15, 0.2) is 24.3 Å². The quantitative estimate of drug-likeness (QED) is 0.776. The zero-order chi connectivity index (χ0) is 13.4. The molecule has 2 N–H and O–H groups in total. The summed E-state index contributed by atoms with van der Waals surface area (Å²) in [7, 11) is 3.35. The molecular weight excluding hydrogens is 228 g/mol. The van der Waals surface area contributed by atoms with Crippen molar-refractivity contribution < 1.29 is 9.53 Å². The van der Waals surface area contributed by atoms with Gasteiger partial charge >= 0.3 is 0 Å². The zero-order valence-corrected chi connectivity index (χ0v) is 11.3. The van der Waals surface area contributed by atoms with Crippen LogP contribution >= 0.6 is 0 Å². The molecule has 4 nitrogen and oxygen atoms in total. The van der Waals surface area contributed by atoms with Gasteiger partial charge in [-0.3, -0.25) is 4.79 Å². The van der Waals surface area contributed by atoms with E-state index in [0.717, 1.165) is 17.7 Å². The van der Waals surface area contributed by atoms with Gasteiger partial charge in [0.25, 0.3) is 0 Å². The van der Waals surface area contributed by atoms with Crippen molar-refractivity contribution in [2.45, 2.75) is 25.8 Å². The molecule has 0 aromatic heterocycles. The molecule has 0 bridgehead atoms. The van der Waals surface area contributed by atoms with Gasteiger partial charge in [-0.2, -0.15) is 0 Å². The topological polar surface area (TPSA) is 50.4 Å². The second-order valence-corrected chi connectivity index (χ2v) is 4.25. The Morgan fingerprint density at radius 2 is 2.00 bits per heavy atom. The Hall–Kier alpha value is -1.55. The largest absolute Gasteiger partial charge is 0.383 e. The van der Waals surface area contributed by atoms with Crippen molar-refractivity contribution in [3.05, 3.63) is 29.8 Å². The van der Waals surface area contributed by atoms with Crippen LogP contribution in [0.3, 0.4) is 0 Å².